The molecule has 1 aliphatic heterocycles. The molecular weight excluding hydrogens is 512 g/mol. The number of likely N-dealkylation sites (tertiary alicyclic amines) is 1. The van der Waals surface area contributed by atoms with Gasteiger partial charge in [0, 0.05) is 31.1 Å². The van der Waals surface area contributed by atoms with Gasteiger partial charge in [0.2, 0.25) is 0 Å². The fraction of sp³-hybridized carbons (Fsp3) is 0.571. The predicted molar refractivity (Wildman–Crippen MR) is 118 cm³/mol. The smallest absolute Gasteiger partial charge is 0.417 e. The van der Waals surface area contributed by atoms with Gasteiger partial charge in [-0.2, -0.15) is 23.1 Å². The van der Waals surface area contributed by atoms with Crippen LogP contribution in [0.15, 0.2) is 10.5 Å². The van der Waals surface area contributed by atoms with Crippen molar-refractivity contribution in [1.29, 1.82) is 0 Å². The van der Waals surface area contributed by atoms with E-state index >= 15 is 0 Å². The van der Waals surface area contributed by atoms with Crippen molar-refractivity contribution in [3.8, 4) is 6.01 Å². The number of rotatable bonds is 4. The molecule has 0 bridgehead atoms. The highest BCUT2D eigenvalue weighted by atomic mass is 79.9. The number of ether oxygens (including phenoxy) is 2. The summed E-state index contributed by atoms with van der Waals surface area (Å²) in [6, 6.07) is 0.385. The second-order valence-corrected chi connectivity index (χ2v) is 9.43. The van der Waals surface area contributed by atoms with Crippen LogP contribution in [0, 0.1) is 5.82 Å². The number of carbonyl (C=O) groups excluding carboxylic acids is 1. The Hall–Kier alpha value is -2.37. The summed E-state index contributed by atoms with van der Waals surface area (Å²) in [5.41, 5.74) is -2.12. The topological polar surface area (TPSA) is 67.8 Å². The summed E-state index contributed by atoms with van der Waals surface area (Å²) in [4.78, 5) is 24.0. The summed E-state index contributed by atoms with van der Waals surface area (Å²) in [5.74, 6) is -1.05. The van der Waals surface area contributed by atoms with Crippen molar-refractivity contribution in [1.82, 2.24) is 14.9 Å². The number of hydrogen-bond donors (Lipinski definition) is 0. The quantitative estimate of drug-likeness (QED) is 0.487. The van der Waals surface area contributed by atoms with Crippen molar-refractivity contribution in [3.63, 3.8) is 0 Å². The van der Waals surface area contributed by atoms with E-state index in [0.717, 1.165) is 6.07 Å². The van der Waals surface area contributed by atoms with Crippen molar-refractivity contribution in [2.24, 2.45) is 0 Å². The molecule has 0 saturated carbocycles. The van der Waals surface area contributed by atoms with Gasteiger partial charge in [-0.05, 0) is 56.1 Å². The molecule has 2 heterocycles. The normalized spacial score (nSPS) is 16.9. The zero-order chi connectivity index (χ0) is 24.7. The summed E-state index contributed by atoms with van der Waals surface area (Å²) >= 11 is 2.71. The molecule has 182 valence electrons. The lowest BCUT2D eigenvalue weighted by Gasteiger charge is -2.30. The highest BCUT2D eigenvalue weighted by Crippen LogP contribution is 2.41. The number of methoxy groups -OCH3 is 1. The van der Waals surface area contributed by atoms with Gasteiger partial charge in [0.15, 0.2) is 5.82 Å². The molecule has 2 aromatic rings. The average Bonchev–Trinajstić information content (AvgIpc) is 3.19. The molecule has 1 aromatic heterocycles. The Morgan fingerprint density at radius 2 is 1.97 bits per heavy atom. The SMILES string of the molecule is CCN(c1nc(OC)nc2c(F)c(Br)c(C(F)(F)F)cc12)C1CCN(C(=O)OC(C)(C)C)C1. The molecule has 0 radical (unpaired) electrons. The van der Waals surface area contributed by atoms with Crippen LogP contribution in [0.3, 0.4) is 0 Å². The van der Waals surface area contributed by atoms with E-state index in [2.05, 4.69) is 25.9 Å². The zero-order valence-corrected chi connectivity index (χ0v) is 20.5. The molecule has 1 amide bonds. The average molecular weight is 537 g/mol. The minimum Gasteiger partial charge on any atom is -0.467 e. The van der Waals surface area contributed by atoms with Crippen molar-refractivity contribution in [2.45, 2.75) is 51.9 Å². The van der Waals surface area contributed by atoms with Crippen LogP contribution in [0.4, 0.5) is 28.2 Å². The van der Waals surface area contributed by atoms with Gasteiger partial charge in [-0.25, -0.2) is 9.18 Å². The van der Waals surface area contributed by atoms with E-state index in [0.29, 0.717) is 19.5 Å². The Kier molecular flexibility index (Phi) is 6.97. The van der Waals surface area contributed by atoms with Crippen molar-refractivity contribution in [2.75, 3.05) is 31.6 Å². The van der Waals surface area contributed by atoms with Gasteiger partial charge in [0.05, 0.1) is 17.1 Å². The number of carbonyl (C=O) groups is 1. The fourth-order valence-electron chi connectivity index (χ4n) is 3.75. The first-order valence-electron chi connectivity index (χ1n) is 10.3. The molecule has 12 heteroatoms. The third-order valence-electron chi connectivity index (χ3n) is 5.19. The van der Waals surface area contributed by atoms with Crippen LogP contribution >= 0.6 is 15.9 Å². The van der Waals surface area contributed by atoms with E-state index in [1.54, 1.807) is 32.6 Å². The van der Waals surface area contributed by atoms with Crippen LogP contribution in [0.2, 0.25) is 0 Å². The second-order valence-electron chi connectivity index (χ2n) is 8.63. The summed E-state index contributed by atoms with van der Waals surface area (Å²) < 4.78 is 65.4. The van der Waals surface area contributed by atoms with E-state index < -0.39 is 33.7 Å². The standard InChI is InChI=1S/C21H25BrF4N4O3/c1-6-30(11-7-8-29(10-11)19(31)33-20(2,3)4)17-12-9-13(21(24,25)26)14(22)15(23)16(12)27-18(28-17)32-5/h9,11H,6-8,10H2,1-5H3. The summed E-state index contributed by atoms with van der Waals surface area (Å²) in [5, 5.41) is -0.0959. The van der Waals surface area contributed by atoms with Gasteiger partial charge in [-0.1, -0.05) is 0 Å². The number of halogens is 5. The Bertz CT molecular complexity index is 1060. The van der Waals surface area contributed by atoms with E-state index in [1.807, 2.05) is 0 Å². The maximum atomic E-state index is 15.0. The lowest BCUT2D eigenvalue weighted by atomic mass is 10.1. The van der Waals surface area contributed by atoms with Gasteiger partial charge >= 0.3 is 18.3 Å². The van der Waals surface area contributed by atoms with Gasteiger partial charge < -0.3 is 19.3 Å². The zero-order valence-electron chi connectivity index (χ0n) is 18.9. The molecule has 1 aliphatic rings. The van der Waals surface area contributed by atoms with Crippen molar-refractivity contribution < 1.29 is 31.8 Å². The Balaban J connectivity index is 2.07. The number of fused-ring (bicyclic) bond motifs is 1. The summed E-state index contributed by atoms with van der Waals surface area (Å²) in [7, 11) is 1.29. The van der Waals surface area contributed by atoms with Crippen LogP contribution in [-0.4, -0.2) is 59.3 Å². The minimum absolute atomic E-state index is 0.0959. The molecule has 7 nitrogen and oxygen atoms in total. The Labute approximate surface area is 197 Å². The van der Waals surface area contributed by atoms with Crippen molar-refractivity contribution in [3.05, 3.63) is 21.9 Å². The molecule has 0 spiro atoms. The maximum Gasteiger partial charge on any atom is 0.417 e. The molecule has 3 rings (SSSR count). The Morgan fingerprint density at radius 1 is 1.30 bits per heavy atom. The lowest BCUT2D eigenvalue weighted by molar-refractivity contribution is -0.138. The number of amides is 1. The number of nitrogens with zero attached hydrogens (tertiary/aromatic N) is 4. The maximum absolute atomic E-state index is 15.0. The van der Waals surface area contributed by atoms with E-state index in [-0.39, 0.29) is 35.3 Å². The fourth-order valence-corrected chi connectivity index (χ4v) is 4.28. The van der Waals surface area contributed by atoms with Crippen molar-refractivity contribution >= 4 is 38.7 Å². The molecule has 0 aliphatic carbocycles. The molecule has 1 saturated heterocycles. The molecule has 1 aromatic carbocycles. The van der Waals surface area contributed by atoms with Crippen LogP contribution < -0.4 is 9.64 Å². The third kappa shape index (κ3) is 5.25. The van der Waals surface area contributed by atoms with E-state index in [9.17, 15) is 22.4 Å². The predicted octanol–water partition coefficient (Wildman–Crippen LogP) is 5.39. The molecule has 33 heavy (non-hydrogen) atoms. The van der Waals surface area contributed by atoms with Crippen LogP contribution in [0.1, 0.15) is 39.7 Å². The first-order chi connectivity index (χ1) is 15.3. The molecular formula is C21H25BrF4N4O3. The number of alkyl halides is 3. The first kappa shape index (κ1) is 25.3. The van der Waals surface area contributed by atoms with Gasteiger partial charge in [-0.3, -0.25) is 0 Å². The number of benzene rings is 1. The third-order valence-corrected chi connectivity index (χ3v) is 5.96. The number of aromatic nitrogens is 2. The highest BCUT2D eigenvalue weighted by molar-refractivity contribution is 9.10. The molecule has 1 atom stereocenters. The van der Waals surface area contributed by atoms with E-state index in [1.165, 1.54) is 12.0 Å². The first-order valence-corrected chi connectivity index (χ1v) is 11.1. The minimum atomic E-state index is -4.79. The van der Waals surface area contributed by atoms with E-state index in [4.69, 9.17) is 9.47 Å². The number of anilines is 1. The monoisotopic (exact) mass is 536 g/mol. The second kappa shape index (κ2) is 9.11. The largest absolute Gasteiger partial charge is 0.467 e. The van der Waals surface area contributed by atoms with Gasteiger partial charge in [-0.15, -0.1) is 0 Å². The number of likely N-dealkylation sites (N-methyl/N-ethyl adjacent to an activating group) is 1. The summed E-state index contributed by atoms with van der Waals surface area (Å²) in [6.07, 6.45) is -4.73. The van der Waals surface area contributed by atoms with Gasteiger partial charge in [0.25, 0.3) is 0 Å². The van der Waals surface area contributed by atoms with Crippen LogP contribution in [0.25, 0.3) is 10.9 Å². The Morgan fingerprint density at radius 3 is 2.52 bits per heavy atom. The highest BCUT2D eigenvalue weighted by Gasteiger charge is 2.38. The van der Waals surface area contributed by atoms with Crippen LogP contribution in [-0.2, 0) is 10.9 Å². The van der Waals surface area contributed by atoms with Crippen LogP contribution in [0.5, 0.6) is 6.01 Å². The summed E-state index contributed by atoms with van der Waals surface area (Å²) in [6.45, 7) is 8.13. The molecule has 1 fully saturated rings. The number of hydrogen-bond acceptors (Lipinski definition) is 6. The van der Waals surface area contributed by atoms with Gasteiger partial charge in [0.1, 0.15) is 16.9 Å². The lowest BCUT2D eigenvalue weighted by Crippen LogP contribution is -2.41. The molecule has 0 N–H and O–H groups in total. The molecule has 1 unspecified atom stereocenters.